The number of hydrogen-bond acceptors (Lipinski definition) is 3. The van der Waals surface area contributed by atoms with Crippen LogP contribution in [0, 0.1) is 0 Å². The second-order valence-electron chi connectivity index (χ2n) is 5.75. The van der Waals surface area contributed by atoms with Crippen LogP contribution in [-0.2, 0) is 0 Å². The van der Waals surface area contributed by atoms with Crippen molar-refractivity contribution in [3.05, 3.63) is 89.6 Å². The summed E-state index contributed by atoms with van der Waals surface area (Å²) in [6.45, 7) is 0. The molecule has 0 spiro atoms. The van der Waals surface area contributed by atoms with E-state index in [1.54, 1.807) is 36.5 Å². The first-order valence-electron chi connectivity index (χ1n) is 8.09. The number of pyridine rings is 2. The minimum Gasteiger partial charge on any atom is -0.307 e. The molecule has 0 saturated heterocycles. The highest BCUT2D eigenvalue weighted by Crippen LogP contribution is 2.26. The summed E-state index contributed by atoms with van der Waals surface area (Å²) in [7, 11) is 0. The van der Waals surface area contributed by atoms with Gasteiger partial charge >= 0.3 is 0 Å². The van der Waals surface area contributed by atoms with Gasteiger partial charge in [0.2, 0.25) is 0 Å². The maximum atomic E-state index is 12.9. The van der Waals surface area contributed by atoms with Gasteiger partial charge in [-0.15, -0.1) is 0 Å². The lowest BCUT2D eigenvalue weighted by molar-refractivity contribution is 0.102. The molecule has 1 N–H and O–H groups in total. The summed E-state index contributed by atoms with van der Waals surface area (Å²) in [6, 6.07) is 22.1. The molecule has 0 fully saturated rings. The first kappa shape index (κ1) is 16.2. The average molecular weight is 360 g/mol. The summed E-state index contributed by atoms with van der Waals surface area (Å²) in [5, 5.41) is 4.28. The molecule has 2 aromatic carbocycles. The van der Waals surface area contributed by atoms with Crippen LogP contribution >= 0.6 is 11.6 Å². The van der Waals surface area contributed by atoms with Crippen LogP contribution in [0.1, 0.15) is 10.4 Å². The van der Waals surface area contributed by atoms with Crippen molar-refractivity contribution < 1.29 is 4.79 Å². The topological polar surface area (TPSA) is 54.9 Å². The minimum atomic E-state index is -0.225. The Balaban J connectivity index is 1.82. The van der Waals surface area contributed by atoms with Crippen LogP contribution in [0.25, 0.3) is 22.2 Å². The highest BCUT2D eigenvalue weighted by atomic mass is 35.5. The summed E-state index contributed by atoms with van der Waals surface area (Å²) < 4.78 is 0. The molecule has 2 heterocycles. The van der Waals surface area contributed by atoms with Gasteiger partial charge in [-0.3, -0.25) is 4.79 Å². The number of anilines is 1. The fourth-order valence-electron chi connectivity index (χ4n) is 2.75. The number of para-hydroxylation sites is 1. The number of aromatic nitrogens is 2. The van der Waals surface area contributed by atoms with Crippen LogP contribution in [-0.4, -0.2) is 15.9 Å². The molecule has 0 bridgehead atoms. The molecular weight excluding hydrogens is 346 g/mol. The molecule has 2 aromatic heterocycles. The molecule has 0 atom stereocenters. The number of nitrogens with zero attached hydrogens (tertiary/aromatic N) is 2. The third kappa shape index (κ3) is 3.27. The van der Waals surface area contributed by atoms with E-state index in [2.05, 4.69) is 15.3 Å². The molecule has 0 aliphatic heterocycles. The van der Waals surface area contributed by atoms with Crippen molar-refractivity contribution in [2.24, 2.45) is 0 Å². The predicted octanol–water partition coefficient (Wildman–Crippen LogP) is 5.20. The van der Waals surface area contributed by atoms with Crippen molar-refractivity contribution in [2.45, 2.75) is 0 Å². The predicted molar refractivity (Wildman–Crippen MR) is 104 cm³/mol. The Bertz CT molecular complexity index is 1080. The number of amides is 1. The Morgan fingerprint density at radius 2 is 1.69 bits per heavy atom. The molecular formula is C21H14ClN3O. The van der Waals surface area contributed by atoms with Crippen LogP contribution < -0.4 is 5.32 Å². The molecule has 4 aromatic rings. The van der Waals surface area contributed by atoms with E-state index in [0.29, 0.717) is 22.1 Å². The van der Waals surface area contributed by atoms with Gasteiger partial charge in [-0.05, 0) is 36.4 Å². The zero-order valence-electron chi connectivity index (χ0n) is 13.7. The Kier molecular flexibility index (Phi) is 4.33. The molecule has 0 radical (unpaired) electrons. The monoisotopic (exact) mass is 359 g/mol. The molecule has 0 aliphatic carbocycles. The first-order chi connectivity index (χ1) is 12.7. The molecule has 5 heteroatoms. The third-order valence-corrected chi connectivity index (χ3v) is 4.26. The summed E-state index contributed by atoms with van der Waals surface area (Å²) in [5.74, 6) is 0.281. The maximum Gasteiger partial charge on any atom is 0.257 e. The molecule has 1 amide bonds. The van der Waals surface area contributed by atoms with Gasteiger partial charge in [0, 0.05) is 22.2 Å². The summed E-state index contributed by atoms with van der Waals surface area (Å²) in [5.41, 5.74) is 2.91. The van der Waals surface area contributed by atoms with Crippen LogP contribution in [0.3, 0.4) is 0 Å². The van der Waals surface area contributed by atoms with E-state index in [1.807, 2.05) is 42.5 Å². The fraction of sp³-hybridized carbons (Fsp3) is 0. The van der Waals surface area contributed by atoms with Gasteiger partial charge in [0.15, 0.2) is 0 Å². The highest BCUT2D eigenvalue weighted by molar-refractivity contribution is 6.30. The van der Waals surface area contributed by atoms with E-state index in [9.17, 15) is 4.79 Å². The molecule has 126 valence electrons. The third-order valence-electron chi connectivity index (χ3n) is 4.01. The van der Waals surface area contributed by atoms with Crippen LogP contribution in [0.5, 0.6) is 0 Å². The first-order valence-corrected chi connectivity index (χ1v) is 8.46. The van der Waals surface area contributed by atoms with E-state index in [1.165, 1.54) is 0 Å². The Labute approximate surface area is 155 Å². The molecule has 0 saturated carbocycles. The summed E-state index contributed by atoms with van der Waals surface area (Å²) >= 11 is 5.97. The Morgan fingerprint density at radius 1 is 0.923 bits per heavy atom. The van der Waals surface area contributed by atoms with Gasteiger partial charge in [0.05, 0.1) is 16.8 Å². The minimum absolute atomic E-state index is 0.225. The standard InChI is InChI=1S/C21H14ClN3O/c22-15-10-8-14(9-11-15)19-13-17(16-5-1-2-6-18(16)24-19)21(26)25-20-7-3-4-12-23-20/h1-13H,(H,23,25,26). The van der Waals surface area contributed by atoms with E-state index in [-0.39, 0.29) is 5.91 Å². The highest BCUT2D eigenvalue weighted by Gasteiger charge is 2.14. The number of halogens is 1. The summed E-state index contributed by atoms with van der Waals surface area (Å²) in [4.78, 5) is 21.7. The normalized spacial score (nSPS) is 10.7. The van der Waals surface area contributed by atoms with Crippen molar-refractivity contribution in [3.63, 3.8) is 0 Å². The lowest BCUT2D eigenvalue weighted by Gasteiger charge is -2.10. The van der Waals surface area contributed by atoms with Crippen molar-refractivity contribution in [1.29, 1.82) is 0 Å². The van der Waals surface area contributed by atoms with E-state index in [0.717, 1.165) is 16.5 Å². The number of carbonyl (C=O) groups is 1. The number of rotatable bonds is 3. The van der Waals surface area contributed by atoms with Gasteiger partial charge in [-0.1, -0.05) is 48.0 Å². The molecule has 4 nitrogen and oxygen atoms in total. The molecule has 0 unspecified atom stereocenters. The molecule has 4 rings (SSSR count). The van der Waals surface area contributed by atoms with Crippen molar-refractivity contribution in [2.75, 3.05) is 5.32 Å². The summed E-state index contributed by atoms with van der Waals surface area (Å²) in [6.07, 6.45) is 1.64. The van der Waals surface area contributed by atoms with Gasteiger partial charge in [0.1, 0.15) is 5.82 Å². The van der Waals surface area contributed by atoms with Gasteiger partial charge < -0.3 is 5.32 Å². The molecule has 26 heavy (non-hydrogen) atoms. The van der Waals surface area contributed by atoms with Gasteiger partial charge in [-0.2, -0.15) is 0 Å². The number of fused-ring (bicyclic) bond motifs is 1. The van der Waals surface area contributed by atoms with Crippen LogP contribution in [0.4, 0.5) is 5.82 Å². The van der Waals surface area contributed by atoms with Crippen molar-refractivity contribution >= 4 is 34.2 Å². The number of carbonyl (C=O) groups excluding carboxylic acids is 1. The second kappa shape index (κ2) is 6.94. The number of nitrogens with one attached hydrogen (secondary N) is 1. The zero-order chi connectivity index (χ0) is 17.9. The Morgan fingerprint density at radius 3 is 2.46 bits per heavy atom. The van der Waals surface area contributed by atoms with Crippen molar-refractivity contribution in [3.8, 4) is 11.3 Å². The number of hydrogen-bond donors (Lipinski definition) is 1. The smallest absolute Gasteiger partial charge is 0.257 e. The van der Waals surface area contributed by atoms with Gasteiger partial charge in [0.25, 0.3) is 5.91 Å². The van der Waals surface area contributed by atoms with Crippen LogP contribution in [0.15, 0.2) is 79.0 Å². The quantitative estimate of drug-likeness (QED) is 0.546. The second-order valence-corrected chi connectivity index (χ2v) is 6.18. The Hall–Kier alpha value is -3.24. The fourth-order valence-corrected chi connectivity index (χ4v) is 2.88. The number of benzene rings is 2. The SMILES string of the molecule is O=C(Nc1ccccn1)c1cc(-c2ccc(Cl)cc2)nc2ccccc12. The zero-order valence-corrected chi connectivity index (χ0v) is 14.4. The lowest BCUT2D eigenvalue weighted by atomic mass is 10.0. The average Bonchev–Trinajstić information content (AvgIpc) is 2.68. The maximum absolute atomic E-state index is 12.9. The van der Waals surface area contributed by atoms with E-state index < -0.39 is 0 Å². The lowest BCUT2D eigenvalue weighted by Crippen LogP contribution is -2.14. The van der Waals surface area contributed by atoms with Crippen LogP contribution in [0.2, 0.25) is 5.02 Å². The van der Waals surface area contributed by atoms with Crippen molar-refractivity contribution in [1.82, 2.24) is 9.97 Å². The van der Waals surface area contributed by atoms with E-state index >= 15 is 0 Å². The molecule has 0 aliphatic rings. The van der Waals surface area contributed by atoms with Gasteiger partial charge in [-0.25, -0.2) is 9.97 Å². The van der Waals surface area contributed by atoms with E-state index in [4.69, 9.17) is 11.6 Å². The largest absolute Gasteiger partial charge is 0.307 e.